The van der Waals surface area contributed by atoms with Crippen LogP contribution in [0.2, 0.25) is 0 Å². The first-order valence-corrected chi connectivity index (χ1v) is 10.5. The molecule has 0 bridgehead atoms. The highest BCUT2D eigenvalue weighted by Crippen LogP contribution is 2.25. The van der Waals surface area contributed by atoms with Crippen molar-refractivity contribution in [1.29, 1.82) is 0 Å². The van der Waals surface area contributed by atoms with E-state index in [9.17, 15) is 14.4 Å². The van der Waals surface area contributed by atoms with E-state index < -0.39 is 11.8 Å². The molecule has 8 heteroatoms. The van der Waals surface area contributed by atoms with Gasteiger partial charge in [0.05, 0.1) is 5.39 Å². The molecule has 0 saturated carbocycles. The van der Waals surface area contributed by atoms with Crippen molar-refractivity contribution < 1.29 is 14.3 Å². The summed E-state index contributed by atoms with van der Waals surface area (Å²) in [7, 11) is 0. The maximum absolute atomic E-state index is 12.7. The number of hydrogen-bond acceptors (Lipinski definition) is 5. The monoisotopic (exact) mass is 436 g/mol. The highest BCUT2D eigenvalue weighted by atomic mass is 16.5. The second-order valence-corrected chi connectivity index (χ2v) is 8.49. The van der Waals surface area contributed by atoms with Crippen LogP contribution in [0.1, 0.15) is 50.2 Å². The summed E-state index contributed by atoms with van der Waals surface area (Å²) in [4.78, 5) is 37.5. The van der Waals surface area contributed by atoms with Crippen LogP contribution >= 0.6 is 0 Å². The maximum Gasteiger partial charge on any atom is 0.290 e. The summed E-state index contributed by atoms with van der Waals surface area (Å²) in [6.07, 6.45) is 0.691. The fourth-order valence-corrected chi connectivity index (χ4v) is 3.19. The molecule has 1 heterocycles. The van der Waals surface area contributed by atoms with E-state index in [0.29, 0.717) is 29.5 Å². The molecular formula is C24H28N4O4. The largest absolute Gasteiger partial charge is 0.484 e. The fourth-order valence-electron chi connectivity index (χ4n) is 3.19. The molecule has 2 N–H and O–H groups in total. The summed E-state index contributed by atoms with van der Waals surface area (Å²) < 4.78 is 6.82. The number of carbonyl (C=O) groups is 2. The number of benzene rings is 2. The Balaban J connectivity index is 1.67. The summed E-state index contributed by atoms with van der Waals surface area (Å²) in [6, 6.07) is 14.3. The molecule has 2 aromatic carbocycles. The third kappa shape index (κ3) is 5.32. The van der Waals surface area contributed by atoms with Crippen LogP contribution in [0.15, 0.2) is 53.3 Å². The van der Waals surface area contributed by atoms with Gasteiger partial charge < -0.3 is 4.74 Å². The molecule has 8 nitrogen and oxygen atoms in total. The number of rotatable bonds is 6. The number of aromatic nitrogens is 2. The summed E-state index contributed by atoms with van der Waals surface area (Å²) >= 11 is 0. The van der Waals surface area contributed by atoms with Crippen LogP contribution < -0.4 is 21.1 Å². The van der Waals surface area contributed by atoms with Crippen molar-refractivity contribution in [2.45, 2.75) is 46.1 Å². The van der Waals surface area contributed by atoms with Crippen molar-refractivity contribution >= 4 is 22.6 Å². The first kappa shape index (κ1) is 23.0. The zero-order valence-corrected chi connectivity index (χ0v) is 18.8. The van der Waals surface area contributed by atoms with Gasteiger partial charge in [0, 0.05) is 11.9 Å². The second kappa shape index (κ2) is 9.64. The highest BCUT2D eigenvalue weighted by Gasteiger charge is 2.18. The van der Waals surface area contributed by atoms with Crippen molar-refractivity contribution in [3.05, 3.63) is 70.1 Å². The van der Waals surface area contributed by atoms with Gasteiger partial charge in [0.2, 0.25) is 0 Å². The van der Waals surface area contributed by atoms with E-state index in [-0.39, 0.29) is 23.3 Å². The molecular weight excluding hydrogens is 408 g/mol. The Morgan fingerprint density at radius 1 is 1.03 bits per heavy atom. The Bertz CT molecular complexity index is 1190. The molecule has 0 atom stereocenters. The van der Waals surface area contributed by atoms with E-state index >= 15 is 0 Å². The molecule has 3 rings (SSSR count). The summed E-state index contributed by atoms with van der Waals surface area (Å²) in [5.41, 5.74) is 5.54. The summed E-state index contributed by atoms with van der Waals surface area (Å²) in [6.45, 7) is 8.32. The number of amides is 2. The van der Waals surface area contributed by atoms with Gasteiger partial charge >= 0.3 is 0 Å². The third-order valence-electron chi connectivity index (χ3n) is 4.90. The smallest absolute Gasteiger partial charge is 0.290 e. The fraction of sp³-hybridized carbons (Fsp3) is 0.333. The van der Waals surface area contributed by atoms with E-state index in [2.05, 4.69) is 36.7 Å². The molecule has 0 radical (unpaired) electrons. The predicted octanol–water partition coefficient (Wildman–Crippen LogP) is 2.94. The lowest BCUT2D eigenvalue weighted by Gasteiger charge is -2.19. The standard InChI is InChI=1S/C24H28N4O4/c1-5-13-28-23(31)19-12-7-6-11-18(19)21(27-28)22(30)26-25-20(29)15-32-17-10-8-9-16(14-17)24(2,3)4/h6-12,14H,5,13,15H2,1-4H3,(H,25,29)(H,26,30). The van der Waals surface area contributed by atoms with Crippen LogP contribution in [0.5, 0.6) is 5.75 Å². The van der Waals surface area contributed by atoms with Gasteiger partial charge in [-0.3, -0.25) is 25.2 Å². The molecule has 0 aliphatic heterocycles. The molecule has 32 heavy (non-hydrogen) atoms. The quantitative estimate of drug-likeness (QED) is 0.579. The molecule has 0 spiro atoms. The number of ether oxygens (including phenoxy) is 1. The Kier molecular flexibility index (Phi) is 6.92. The molecule has 0 aliphatic rings. The highest BCUT2D eigenvalue weighted by molar-refractivity contribution is 6.05. The van der Waals surface area contributed by atoms with Crippen LogP contribution in [-0.2, 0) is 16.8 Å². The number of nitrogens with zero attached hydrogens (tertiary/aromatic N) is 2. The predicted molar refractivity (Wildman–Crippen MR) is 123 cm³/mol. The molecule has 0 unspecified atom stereocenters. The minimum absolute atomic E-state index is 0.0420. The number of nitrogens with one attached hydrogen (secondary N) is 2. The van der Waals surface area contributed by atoms with Crippen molar-refractivity contribution in [2.75, 3.05) is 6.61 Å². The van der Waals surface area contributed by atoms with E-state index in [1.54, 1.807) is 30.3 Å². The lowest BCUT2D eigenvalue weighted by molar-refractivity contribution is -0.123. The molecule has 0 saturated heterocycles. The molecule has 3 aromatic rings. The van der Waals surface area contributed by atoms with E-state index in [1.807, 2.05) is 25.1 Å². The third-order valence-corrected chi connectivity index (χ3v) is 4.90. The van der Waals surface area contributed by atoms with Gasteiger partial charge in [0.15, 0.2) is 12.3 Å². The van der Waals surface area contributed by atoms with Crippen molar-refractivity contribution in [2.24, 2.45) is 0 Å². The van der Waals surface area contributed by atoms with Crippen LogP contribution in [0.3, 0.4) is 0 Å². The van der Waals surface area contributed by atoms with Crippen LogP contribution in [-0.4, -0.2) is 28.2 Å². The Morgan fingerprint density at radius 2 is 1.75 bits per heavy atom. The zero-order chi connectivity index (χ0) is 23.3. The van der Waals surface area contributed by atoms with Gasteiger partial charge in [-0.25, -0.2) is 4.68 Å². The molecule has 2 amide bonds. The summed E-state index contributed by atoms with van der Waals surface area (Å²) in [5, 5.41) is 5.02. The zero-order valence-electron chi connectivity index (χ0n) is 18.8. The lowest BCUT2D eigenvalue weighted by Crippen LogP contribution is -2.44. The first-order chi connectivity index (χ1) is 15.2. The Morgan fingerprint density at radius 3 is 2.44 bits per heavy atom. The first-order valence-electron chi connectivity index (χ1n) is 10.5. The average molecular weight is 437 g/mol. The SMILES string of the molecule is CCCn1nc(C(=O)NNC(=O)COc2cccc(C(C)(C)C)c2)c2ccccc2c1=O. The van der Waals surface area contributed by atoms with Crippen LogP contribution in [0.4, 0.5) is 0 Å². The van der Waals surface area contributed by atoms with Gasteiger partial charge in [-0.2, -0.15) is 5.10 Å². The van der Waals surface area contributed by atoms with Gasteiger partial charge in [-0.05, 0) is 35.6 Å². The molecule has 1 aromatic heterocycles. The molecule has 0 aliphatic carbocycles. The van der Waals surface area contributed by atoms with Gasteiger partial charge in [0.1, 0.15) is 5.75 Å². The Labute approximate surface area is 186 Å². The van der Waals surface area contributed by atoms with Crippen LogP contribution in [0, 0.1) is 0 Å². The Hall–Kier alpha value is -3.68. The van der Waals surface area contributed by atoms with E-state index in [0.717, 1.165) is 5.56 Å². The second-order valence-electron chi connectivity index (χ2n) is 8.49. The van der Waals surface area contributed by atoms with E-state index in [1.165, 1.54) is 4.68 Å². The van der Waals surface area contributed by atoms with Crippen LogP contribution in [0.25, 0.3) is 10.8 Å². The molecule has 0 fully saturated rings. The van der Waals surface area contributed by atoms with Gasteiger partial charge in [-0.15, -0.1) is 0 Å². The minimum Gasteiger partial charge on any atom is -0.484 e. The summed E-state index contributed by atoms with van der Waals surface area (Å²) in [5.74, 6) is -0.571. The topological polar surface area (TPSA) is 102 Å². The van der Waals surface area contributed by atoms with Crippen molar-refractivity contribution in [1.82, 2.24) is 20.6 Å². The molecule has 168 valence electrons. The normalized spacial score (nSPS) is 11.2. The van der Waals surface area contributed by atoms with Crippen molar-refractivity contribution in [3.63, 3.8) is 0 Å². The minimum atomic E-state index is -0.617. The lowest BCUT2D eigenvalue weighted by atomic mass is 9.87. The van der Waals surface area contributed by atoms with Crippen molar-refractivity contribution in [3.8, 4) is 5.75 Å². The number of carbonyl (C=O) groups excluding carboxylic acids is 2. The number of aryl methyl sites for hydroxylation is 1. The van der Waals surface area contributed by atoms with Gasteiger partial charge in [-0.1, -0.05) is 58.0 Å². The van der Waals surface area contributed by atoms with E-state index in [4.69, 9.17) is 4.74 Å². The number of hydrazine groups is 1. The maximum atomic E-state index is 12.7. The van der Waals surface area contributed by atoms with Gasteiger partial charge in [0.25, 0.3) is 17.4 Å². The average Bonchev–Trinajstić information content (AvgIpc) is 2.77. The number of hydrogen-bond donors (Lipinski definition) is 2. The number of fused-ring (bicyclic) bond motifs is 1.